The molecule has 1 aliphatic heterocycles. The van der Waals surface area contributed by atoms with Crippen molar-refractivity contribution in [2.24, 2.45) is 0 Å². The fourth-order valence-corrected chi connectivity index (χ4v) is 1.71. The van der Waals surface area contributed by atoms with E-state index in [4.69, 9.17) is 4.42 Å². The number of quaternary nitrogens is 1. The summed E-state index contributed by atoms with van der Waals surface area (Å²) < 4.78 is 6.53. The van der Waals surface area contributed by atoms with Gasteiger partial charge in [0.05, 0.1) is 26.3 Å². The Labute approximate surface area is 72.6 Å². The average molecular weight is 167 g/mol. The highest BCUT2D eigenvalue weighted by molar-refractivity contribution is 5.10. The van der Waals surface area contributed by atoms with Crippen LogP contribution in [-0.4, -0.2) is 30.1 Å². The zero-order valence-corrected chi connectivity index (χ0v) is 7.92. The van der Waals surface area contributed by atoms with Crippen LogP contribution < -0.4 is 0 Å². The van der Waals surface area contributed by atoms with Crippen LogP contribution in [0.1, 0.15) is 17.3 Å². The molecule has 0 amide bonds. The summed E-state index contributed by atoms with van der Waals surface area (Å²) in [5.74, 6) is 1.89. The van der Waals surface area contributed by atoms with E-state index < -0.39 is 0 Å². The summed E-state index contributed by atoms with van der Waals surface area (Å²) in [6, 6.07) is 0. The van der Waals surface area contributed by atoms with E-state index in [1.165, 1.54) is 12.2 Å². The van der Waals surface area contributed by atoms with Crippen molar-refractivity contribution in [1.29, 1.82) is 0 Å². The number of fused-ring (bicyclic) bond motifs is 1. The summed E-state index contributed by atoms with van der Waals surface area (Å²) in [5.41, 5.74) is 1.17. The van der Waals surface area contributed by atoms with Gasteiger partial charge in [-0.2, -0.15) is 0 Å². The second-order valence-electron chi connectivity index (χ2n) is 4.17. The first-order valence-corrected chi connectivity index (χ1v) is 4.34. The molecule has 66 valence electrons. The van der Waals surface area contributed by atoms with Crippen molar-refractivity contribution in [1.82, 2.24) is 4.98 Å². The molecule has 1 aliphatic rings. The molecule has 0 aliphatic carbocycles. The largest absolute Gasteiger partial charge is 0.440 e. The van der Waals surface area contributed by atoms with E-state index in [2.05, 4.69) is 19.1 Å². The second-order valence-corrected chi connectivity index (χ2v) is 4.17. The van der Waals surface area contributed by atoms with Gasteiger partial charge in [-0.25, -0.2) is 4.98 Å². The Hall–Kier alpha value is -0.830. The summed E-state index contributed by atoms with van der Waals surface area (Å²) in [6.45, 7) is 4.06. The molecule has 0 N–H and O–H groups in total. The van der Waals surface area contributed by atoms with Gasteiger partial charge < -0.3 is 8.90 Å². The average Bonchev–Trinajstić information content (AvgIpc) is 2.26. The minimum Gasteiger partial charge on any atom is -0.440 e. The topological polar surface area (TPSA) is 26.0 Å². The van der Waals surface area contributed by atoms with Crippen LogP contribution in [0.5, 0.6) is 0 Å². The lowest BCUT2D eigenvalue weighted by Gasteiger charge is -2.31. The van der Waals surface area contributed by atoms with Gasteiger partial charge in [-0.1, -0.05) is 0 Å². The molecule has 0 aromatic carbocycles. The fraction of sp³-hybridized carbons (Fsp3) is 0.667. The Kier molecular flexibility index (Phi) is 1.51. The Morgan fingerprint density at radius 3 is 2.92 bits per heavy atom. The molecule has 0 saturated heterocycles. The lowest BCUT2D eigenvalue weighted by molar-refractivity contribution is -0.906. The summed E-state index contributed by atoms with van der Waals surface area (Å²) in [4.78, 5) is 4.34. The molecule has 3 nitrogen and oxygen atoms in total. The normalized spacial score (nSPS) is 20.6. The predicted octanol–water partition coefficient (Wildman–Crippen LogP) is 1.12. The first kappa shape index (κ1) is 7.80. The SMILES string of the molecule is Cc1nc2c(o1)C[N+](C)(C)CC2. The molecule has 0 spiro atoms. The van der Waals surface area contributed by atoms with Crippen molar-refractivity contribution >= 4 is 0 Å². The highest BCUT2D eigenvalue weighted by Crippen LogP contribution is 2.21. The quantitative estimate of drug-likeness (QED) is 0.541. The third-order valence-corrected chi connectivity index (χ3v) is 2.41. The van der Waals surface area contributed by atoms with Gasteiger partial charge in [-0.05, 0) is 0 Å². The zero-order chi connectivity index (χ0) is 8.77. The molecule has 2 rings (SSSR count). The maximum atomic E-state index is 5.51. The van der Waals surface area contributed by atoms with Gasteiger partial charge in [-0.3, -0.25) is 0 Å². The lowest BCUT2D eigenvalue weighted by atomic mass is 10.1. The van der Waals surface area contributed by atoms with Crippen LogP contribution in [-0.2, 0) is 13.0 Å². The first-order valence-electron chi connectivity index (χ1n) is 4.34. The van der Waals surface area contributed by atoms with Gasteiger partial charge in [0.2, 0.25) is 0 Å². The maximum Gasteiger partial charge on any atom is 0.191 e. The Morgan fingerprint density at radius 1 is 1.42 bits per heavy atom. The number of hydrogen-bond acceptors (Lipinski definition) is 2. The number of aryl methyl sites for hydroxylation is 1. The molecule has 0 radical (unpaired) electrons. The van der Waals surface area contributed by atoms with Crippen LogP contribution in [0.2, 0.25) is 0 Å². The number of oxazole rings is 1. The van der Waals surface area contributed by atoms with Gasteiger partial charge in [0.25, 0.3) is 0 Å². The van der Waals surface area contributed by atoms with E-state index in [1.54, 1.807) is 0 Å². The highest BCUT2D eigenvalue weighted by atomic mass is 16.4. The molecule has 0 atom stereocenters. The van der Waals surface area contributed by atoms with Crippen molar-refractivity contribution in [2.75, 3.05) is 20.6 Å². The van der Waals surface area contributed by atoms with E-state index >= 15 is 0 Å². The maximum absolute atomic E-state index is 5.51. The zero-order valence-electron chi connectivity index (χ0n) is 7.92. The summed E-state index contributed by atoms with van der Waals surface area (Å²) >= 11 is 0. The molecule has 3 heteroatoms. The van der Waals surface area contributed by atoms with Crippen LogP contribution in [0, 0.1) is 6.92 Å². The second kappa shape index (κ2) is 2.33. The highest BCUT2D eigenvalue weighted by Gasteiger charge is 2.28. The van der Waals surface area contributed by atoms with E-state index in [0.29, 0.717) is 0 Å². The van der Waals surface area contributed by atoms with Gasteiger partial charge in [0.1, 0.15) is 6.54 Å². The Morgan fingerprint density at radius 2 is 2.17 bits per heavy atom. The van der Waals surface area contributed by atoms with Gasteiger partial charge >= 0.3 is 0 Å². The molecule has 0 saturated carbocycles. The number of rotatable bonds is 0. The lowest BCUT2D eigenvalue weighted by Crippen LogP contribution is -2.43. The van der Waals surface area contributed by atoms with Crippen LogP contribution in [0.3, 0.4) is 0 Å². The molecule has 0 bridgehead atoms. The minimum absolute atomic E-state index is 0.807. The third kappa shape index (κ3) is 1.25. The molecule has 2 heterocycles. The smallest absolute Gasteiger partial charge is 0.191 e. The van der Waals surface area contributed by atoms with Crippen molar-refractivity contribution in [3.8, 4) is 0 Å². The van der Waals surface area contributed by atoms with Crippen molar-refractivity contribution in [2.45, 2.75) is 19.9 Å². The van der Waals surface area contributed by atoms with Crippen molar-refractivity contribution in [3.05, 3.63) is 17.3 Å². The Balaban J connectivity index is 2.34. The third-order valence-electron chi connectivity index (χ3n) is 2.41. The molecule has 1 aromatic rings. The Bertz CT molecular complexity index is 301. The van der Waals surface area contributed by atoms with Gasteiger partial charge in [0, 0.05) is 13.3 Å². The fourth-order valence-electron chi connectivity index (χ4n) is 1.71. The molecular formula is C9H15N2O+. The number of hydrogen-bond donors (Lipinski definition) is 0. The molecule has 12 heavy (non-hydrogen) atoms. The molecular weight excluding hydrogens is 152 g/mol. The monoisotopic (exact) mass is 167 g/mol. The number of aromatic nitrogens is 1. The summed E-state index contributed by atoms with van der Waals surface area (Å²) in [5, 5.41) is 0. The van der Waals surface area contributed by atoms with E-state index in [-0.39, 0.29) is 0 Å². The summed E-state index contributed by atoms with van der Waals surface area (Å²) in [6.07, 6.45) is 1.06. The van der Waals surface area contributed by atoms with Crippen LogP contribution in [0.4, 0.5) is 0 Å². The van der Waals surface area contributed by atoms with Crippen molar-refractivity contribution in [3.63, 3.8) is 0 Å². The van der Waals surface area contributed by atoms with Crippen LogP contribution in [0.15, 0.2) is 4.42 Å². The first-order chi connectivity index (χ1) is 5.57. The predicted molar refractivity (Wildman–Crippen MR) is 45.6 cm³/mol. The van der Waals surface area contributed by atoms with Gasteiger partial charge in [-0.15, -0.1) is 0 Å². The van der Waals surface area contributed by atoms with Crippen LogP contribution >= 0.6 is 0 Å². The van der Waals surface area contributed by atoms with E-state index in [0.717, 1.165) is 29.1 Å². The summed E-state index contributed by atoms with van der Waals surface area (Å²) in [7, 11) is 4.45. The molecule has 0 fully saturated rings. The number of nitrogens with zero attached hydrogens (tertiary/aromatic N) is 2. The van der Waals surface area contributed by atoms with Crippen LogP contribution in [0.25, 0.3) is 0 Å². The number of likely N-dealkylation sites (N-methyl/N-ethyl adjacent to an activating group) is 1. The van der Waals surface area contributed by atoms with Gasteiger partial charge in [0.15, 0.2) is 11.7 Å². The van der Waals surface area contributed by atoms with E-state index in [9.17, 15) is 0 Å². The molecule has 0 unspecified atom stereocenters. The van der Waals surface area contributed by atoms with E-state index in [1.807, 2.05) is 6.92 Å². The van der Waals surface area contributed by atoms with Crippen molar-refractivity contribution < 1.29 is 8.90 Å². The minimum atomic E-state index is 0.807. The molecule has 1 aromatic heterocycles. The standard InChI is InChI=1S/C9H15N2O/c1-7-10-8-4-5-11(2,3)6-9(8)12-7/h4-6H2,1-3H3/q+1.